The summed E-state index contributed by atoms with van der Waals surface area (Å²) < 4.78 is 0. The zero-order chi connectivity index (χ0) is 22.9. The van der Waals surface area contributed by atoms with Crippen molar-refractivity contribution in [2.45, 2.75) is 48.8 Å². The molecule has 0 N–H and O–H groups in total. The van der Waals surface area contributed by atoms with Crippen molar-refractivity contribution < 1.29 is 9.59 Å². The van der Waals surface area contributed by atoms with Gasteiger partial charge in [0.1, 0.15) is 11.1 Å². The minimum absolute atomic E-state index is 0.108. The molecule has 2 atom stereocenters. The van der Waals surface area contributed by atoms with Crippen LogP contribution in [-0.2, 0) is 22.4 Å². The number of anilines is 1. The minimum Gasteiger partial charge on any atom is -0.274 e. The van der Waals surface area contributed by atoms with Crippen molar-refractivity contribution in [2.24, 2.45) is 0 Å². The molecule has 1 fully saturated rings. The third-order valence-corrected chi connectivity index (χ3v) is 7.58. The molecule has 2 amide bonds. The molecule has 33 heavy (non-hydrogen) atoms. The molecule has 6 heteroatoms. The molecule has 0 unspecified atom stereocenters. The Kier molecular flexibility index (Phi) is 5.74. The summed E-state index contributed by atoms with van der Waals surface area (Å²) in [7, 11) is 0. The fraction of sp³-hybridized carbons (Fsp3) is 0.259. The maximum Gasteiger partial charge on any atom is 0.247 e. The van der Waals surface area contributed by atoms with Gasteiger partial charge in [-0.05, 0) is 61.4 Å². The lowest BCUT2D eigenvalue weighted by Crippen LogP contribution is -2.31. The normalized spacial score (nSPS) is 19.9. The number of fused-ring (bicyclic) bond motifs is 1. The molecule has 1 aromatic heterocycles. The van der Waals surface area contributed by atoms with E-state index in [1.807, 2.05) is 31.2 Å². The quantitative estimate of drug-likeness (QED) is 0.522. The monoisotopic (exact) mass is 453 g/mol. The number of hydrogen-bond acceptors (Lipinski definition) is 5. The number of imide groups is 1. The van der Waals surface area contributed by atoms with Gasteiger partial charge in [0.25, 0.3) is 0 Å². The second kappa shape index (κ2) is 8.84. The molecule has 0 radical (unpaired) electrons. The Morgan fingerprint density at radius 2 is 1.82 bits per heavy atom. The molecule has 164 valence electrons. The maximum absolute atomic E-state index is 13.1. The number of aryl methyl sites for hydroxylation is 2. The number of pyridine rings is 1. The first-order chi connectivity index (χ1) is 16.0. The number of nitrogens with zero attached hydrogens (tertiary/aromatic N) is 3. The highest BCUT2D eigenvalue weighted by atomic mass is 32.2. The van der Waals surface area contributed by atoms with Crippen molar-refractivity contribution in [3.63, 3.8) is 0 Å². The van der Waals surface area contributed by atoms with E-state index < -0.39 is 5.25 Å². The predicted molar refractivity (Wildman–Crippen MR) is 128 cm³/mol. The Balaban J connectivity index is 1.37. The van der Waals surface area contributed by atoms with Gasteiger partial charge < -0.3 is 0 Å². The number of amides is 2. The van der Waals surface area contributed by atoms with Crippen LogP contribution in [0.5, 0.6) is 0 Å². The molecule has 0 bridgehead atoms. The van der Waals surface area contributed by atoms with Crippen molar-refractivity contribution in [1.82, 2.24) is 4.98 Å². The number of aromatic nitrogens is 1. The average molecular weight is 454 g/mol. The van der Waals surface area contributed by atoms with Crippen molar-refractivity contribution >= 4 is 29.3 Å². The molecule has 3 aromatic rings. The Bertz CT molecular complexity index is 1270. The number of carbonyl (C=O) groups excluding carboxylic acids is 2. The molecule has 1 aliphatic carbocycles. The number of thioether (sulfide) groups is 1. The van der Waals surface area contributed by atoms with Crippen LogP contribution in [0.1, 0.15) is 46.7 Å². The van der Waals surface area contributed by atoms with Crippen molar-refractivity contribution in [2.75, 3.05) is 4.90 Å². The van der Waals surface area contributed by atoms with Gasteiger partial charge in [0.05, 0.1) is 16.5 Å². The van der Waals surface area contributed by atoms with Gasteiger partial charge in [-0.25, -0.2) is 9.88 Å². The Hall–Kier alpha value is -3.43. The minimum atomic E-state index is -0.572. The van der Waals surface area contributed by atoms with E-state index in [2.05, 4.69) is 30.3 Å². The molecule has 1 saturated heterocycles. The van der Waals surface area contributed by atoms with Crippen LogP contribution in [0.15, 0.2) is 65.7 Å². The highest BCUT2D eigenvalue weighted by molar-refractivity contribution is 8.00. The lowest BCUT2D eigenvalue weighted by molar-refractivity contribution is -0.121. The van der Waals surface area contributed by atoms with E-state index in [0.717, 1.165) is 36.1 Å². The first-order valence-electron chi connectivity index (χ1n) is 11.1. The Morgan fingerprint density at radius 3 is 2.55 bits per heavy atom. The molecule has 5 nitrogen and oxygen atoms in total. The fourth-order valence-corrected chi connectivity index (χ4v) is 5.72. The van der Waals surface area contributed by atoms with Crippen LogP contribution in [0.4, 0.5) is 5.69 Å². The van der Waals surface area contributed by atoms with E-state index in [-0.39, 0.29) is 18.2 Å². The van der Waals surface area contributed by atoms with Gasteiger partial charge in [-0.2, -0.15) is 5.26 Å². The van der Waals surface area contributed by atoms with E-state index in [0.29, 0.717) is 22.2 Å². The van der Waals surface area contributed by atoms with Gasteiger partial charge in [-0.1, -0.05) is 59.8 Å². The summed E-state index contributed by atoms with van der Waals surface area (Å²) in [6, 6.07) is 22.0. The van der Waals surface area contributed by atoms with Gasteiger partial charge in [-0.3, -0.25) is 9.59 Å². The van der Waals surface area contributed by atoms with Gasteiger partial charge >= 0.3 is 0 Å². The molecule has 0 saturated carbocycles. The Morgan fingerprint density at radius 1 is 1.06 bits per heavy atom. The highest BCUT2D eigenvalue weighted by Crippen LogP contribution is 2.38. The molecule has 2 heterocycles. The molecule has 0 spiro atoms. The SMILES string of the molecule is Cc1ccc(N2C(=O)C[C@@H](Sc3nc4c(cc3C#N)C[C@H](c3ccccc3)CC4)C2=O)cc1. The lowest BCUT2D eigenvalue weighted by Gasteiger charge is -2.25. The van der Waals surface area contributed by atoms with Crippen LogP contribution >= 0.6 is 11.8 Å². The molecule has 1 aliphatic heterocycles. The van der Waals surface area contributed by atoms with Crippen LogP contribution in [0.3, 0.4) is 0 Å². The van der Waals surface area contributed by atoms with Crippen LogP contribution in [0.25, 0.3) is 0 Å². The predicted octanol–water partition coefficient (Wildman–Crippen LogP) is 4.96. The third kappa shape index (κ3) is 4.17. The van der Waals surface area contributed by atoms with Gasteiger partial charge in [0.2, 0.25) is 11.8 Å². The zero-order valence-corrected chi connectivity index (χ0v) is 19.1. The number of benzene rings is 2. The number of rotatable bonds is 4. The van der Waals surface area contributed by atoms with E-state index >= 15 is 0 Å². The maximum atomic E-state index is 13.1. The van der Waals surface area contributed by atoms with E-state index in [1.54, 1.807) is 12.1 Å². The van der Waals surface area contributed by atoms with Gasteiger partial charge in [0.15, 0.2) is 0 Å². The van der Waals surface area contributed by atoms with Crippen LogP contribution in [-0.4, -0.2) is 22.0 Å². The molecular weight excluding hydrogens is 430 g/mol. The summed E-state index contributed by atoms with van der Waals surface area (Å²) >= 11 is 1.24. The largest absolute Gasteiger partial charge is 0.274 e. The van der Waals surface area contributed by atoms with Crippen LogP contribution in [0.2, 0.25) is 0 Å². The van der Waals surface area contributed by atoms with Gasteiger partial charge in [0, 0.05) is 12.1 Å². The lowest BCUT2D eigenvalue weighted by atomic mass is 9.82. The number of hydrogen-bond donors (Lipinski definition) is 0. The fourth-order valence-electron chi connectivity index (χ4n) is 4.62. The van der Waals surface area contributed by atoms with E-state index in [4.69, 9.17) is 4.98 Å². The summed E-state index contributed by atoms with van der Waals surface area (Å²) in [5.41, 5.74) is 5.54. The number of carbonyl (C=O) groups is 2. The van der Waals surface area contributed by atoms with Crippen molar-refractivity contribution in [3.8, 4) is 6.07 Å². The third-order valence-electron chi connectivity index (χ3n) is 6.39. The Labute approximate surface area is 197 Å². The first kappa shape index (κ1) is 21.4. The van der Waals surface area contributed by atoms with Crippen molar-refractivity contribution in [1.29, 1.82) is 5.26 Å². The molecule has 5 rings (SSSR count). The first-order valence-corrected chi connectivity index (χ1v) is 12.0. The average Bonchev–Trinajstić information content (AvgIpc) is 3.12. The summed E-state index contributed by atoms with van der Waals surface area (Å²) in [5.74, 6) is -0.0485. The molecule has 2 aromatic carbocycles. The smallest absolute Gasteiger partial charge is 0.247 e. The standard InChI is InChI=1S/C27H23N3O2S/c1-17-7-10-22(11-8-17)30-25(31)15-24(27(30)32)33-26-21(16-28)14-20-13-19(9-12-23(20)29-26)18-5-3-2-4-6-18/h2-8,10-11,14,19,24H,9,12-13,15H2,1H3/t19-,24-/m1/s1. The zero-order valence-electron chi connectivity index (χ0n) is 18.3. The second-order valence-electron chi connectivity index (χ2n) is 8.62. The summed E-state index contributed by atoms with van der Waals surface area (Å²) in [6.45, 7) is 1.96. The highest BCUT2D eigenvalue weighted by Gasteiger charge is 2.41. The summed E-state index contributed by atoms with van der Waals surface area (Å²) in [4.78, 5) is 31.8. The van der Waals surface area contributed by atoms with E-state index in [1.165, 1.54) is 22.2 Å². The van der Waals surface area contributed by atoms with Crippen LogP contribution in [0, 0.1) is 18.3 Å². The molecular formula is C27H23N3O2S. The topological polar surface area (TPSA) is 74.1 Å². The molecule has 2 aliphatic rings. The van der Waals surface area contributed by atoms with Gasteiger partial charge in [-0.15, -0.1) is 0 Å². The van der Waals surface area contributed by atoms with Crippen LogP contribution < -0.4 is 4.90 Å². The summed E-state index contributed by atoms with van der Waals surface area (Å²) in [6.07, 6.45) is 2.80. The number of nitriles is 1. The van der Waals surface area contributed by atoms with Crippen molar-refractivity contribution in [3.05, 3.63) is 88.6 Å². The van der Waals surface area contributed by atoms with E-state index in [9.17, 15) is 14.9 Å². The summed E-state index contributed by atoms with van der Waals surface area (Å²) in [5, 5.41) is 9.76. The second-order valence-corrected chi connectivity index (χ2v) is 9.81.